The van der Waals surface area contributed by atoms with Crippen LogP contribution >= 0.6 is 0 Å². The number of phenols is 3. The van der Waals surface area contributed by atoms with Crippen molar-refractivity contribution >= 4 is 26.6 Å². The Morgan fingerprint density at radius 3 is 2.09 bits per heavy atom. The Morgan fingerprint density at radius 1 is 1.00 bits per heavy atom. The third kappa shape index (κ3) is 1.13. The minimum Gasteiger partial charge on any atom is -0.508 e. The van der Waals surface area contributed by atoms with E-state index in [9.17, 15) is 0 Å². The van der Waals surface area contributed by atoms with Gasteiger partial charge in [0.15, 0.2) is 11.5 Å². The summed E-state index contributed by atoms with van der Waals surface area (Å²) in [6.07, 6.45) is 0. The molecule has 5 heteroatoms. The fourth-order valence-corrected chi connectivity index (χ4v) is 0.867. The average Bonchev–Trinajstić information content (AvgIpc) is 1.97. The van der Waals surface area contributed by atoms with E-state index in [0.717, 1.165) is 0 Å². The van der Waals surface area contributed by atoms with Crippen molar-refractivity contribution in [1.29, 1.82) is 0 Å². The second kappa shape index (κ2) is 2.42. The molecular weight excluding hydrogens is 142 g/mol. The van der Waals surface area contributed by atoms with Crippen molar-refractivity contribution in [2.75, 3.05) is 0 Å². The highest BCUT2D eigenvalue weighted by Gasteiger charge is 2.09. The predicted molar refractivity (Wildman–Crippen MR) is 47.8 cm³/mol. The van der Waals surface area contributed by atoms with Crippen LogP contribution in [0.25, 0.3) is 0 Å². The van der Waals surface area contributed by atoms with Crippen LogP contribution in [-0.2, 0) is 0 Å². The van der Waals surface area contributed by atoms with Crippen molar-refractivity contribution in [1.82, 2.24) is 0 Å². The maximum Gasteiger partial charge on any atom is 0.153 e. The van der Waals surface area contributed by atoms with Crippen LogP contribution in [0.1, 0.15) is 0 Å². The molecule has 0 amide bonds. The van der Waals surface area contributed by atoms with Crippen LogP contribution in [-0.4, -0.2) is 31.0 Å². The SMILES string of the molecule is Bc1cc(O)c(B)c(O)c1O. The smallest absolute Gasteiger partial charge is 0.153 e. The summed E-state index contributed by atoms with van der Waals surface area (Å²) in [5.74, 6) is -0.416. The van der Waals surface area contributed by atoms with Crippen LogP contribution in [0.4, 0.5) is 0 Å². The van der Waals surface area contributed by atoms with Gasteiger partial charge in [-0.3, -0.25) is 0 Å². The lowest BCUT2D eigenvalue weighted by atomic mass is 9.86. The van der Waals surface area contributed by atoms with E-state index in [2.05, 4.69) is 0 Å². The highest BCUT2D eigenvalue weighted by atomic mass is 16.3. The maximum atomic E-state index is 9.16. The molecule has 0 saturated carbocycles. The van der Waals surface area contributed by atoms with Crippen molar-refractivity contribution in [2.45, 2.75) is 0 Å². The first-order chi connectivity index (χ1) is 5.04. The van der Waals surface area contributed by atoms with Gasteiger partial charge in [0.1, 0.15) is 21.4 Å². The molecule has 1 aromatic carbocycles. The minimum absolute atomic E-state index is 0.00204. The van der Waals surface area contributed by atoms with Crippen LogP contribution in [0.2, 0.25) is 0 Å². The molecule has 3 nitrogen and oxygen atoms in total. The van der Waals surface area contributed by atoms with Gasteiger partial charge in [-0.15, -0.1) is 0 Å². The van der Waals surface area contributed by atoms with Gasteiger partial charge in [-0.25, -0.2) is 0 Å². The van der Waals surface area contributed by atoms with Gasteiger partial charge in [-0.2, -0.15) is 0 Å². The summed E-state index contributed by atoms with van der Waals surface area (Å²) < 4.78 is 0. The lowest BCUT2D eigenvalue weighted by Gasteiger charge is -2.06. The van der Waals surface area contributed by atoms with Gasteiger partial charge >= 0.3 is 0 Å². The van der Waals surface area contributed by atoms with E-state index >= 15 is 0 Å². The first-order valence-electron chi connectivity index (χ1n) is 3.25. The molecule has 0 unspecified atom stereocenters. The zero-order valence-electron chi connectivity index (χ0n) is 6.42. The topological polar surface area (TPSA) is 60.7 Å². The van der Waals surface area contributed by atoms with Crippen molar-refractivity contribution in [3.8, 4) is 17.2 Å². The molecular formula is C6H8B2O3. The number of rotatable bonds is 0. The number of hydrogen-bond donors (Lipinski definition) is 3. The molecule has 11 heavy (non-hydrogen) atoms. The zero-order valence-corrected chi connectivity index (χ0v) is 6.42. The van der Waals surface area contributed by atoms with Gasteiger partial charge in [-0.1, -0.05) is 0 Å². The quantitative estimate of drug-likeness (QED) is 0.214. The molecule has 0 radical (unpaired) electrons. The average molecular weight is 150 g/mol. The van der Waals surface area contributed by atoms with Gasteiger partial charge in [0, 0.05) is 0 Å². The molecule has 0 heterocycles. The molecule has 1 rings (SSSR count). The molecule has 0 saturated heterocycles. The monoisotopic (exact) mass is 150 g/mol. The summed E-state index contributed by atoms with van der Waals surface area (Å²) >= 11 is 0. The highest BCUT2D eigenvalue weighted by Crippen LogP contribution is 2.21. The Labute approximate surface area is 66.1 Å². The number of hydrogen-bond acceptors (Lipinski definition) is 3. The van der Waals surface area contributed by atoms with Gasteiger partial charge in [0.2, 0.25) is 0 Å². The summed E-state index contributed by atoms with van der Waals surface area (Å²) in [5, 5.41) is 27.4. The lowest BCUT2D eigenvalue weighted by Crippen LogP contribution is -2.12. The minimum atomic E-state index is -0.248. The van der Waals surface area contributed by atoms with Crippen molar-refractivity contribution < 1.29 is 15.3 Å². The van der Waals surface area contributed by atoms with Gasteiger partial charge < -0.3 is 15.3 Å². The number of phenolic OH excluding ortho intramolecular Hbond substituents is 3. The summed E-state index contributed by atoms with van der Waals surface area (Å²) in [4.78, 5) is 0. The van der Waals surface area contributed by atoms with Gasteiger partial charge in [0.05, 0.1) is 0 Å². The second-order valence-corrected chi connectivity index (χ2v) is 2.53. The predicted octanol–water partition coefficient (Wildman–Crippen LogP) is -2.68. The Balaban J connectivity index is 3.46. The van der Waals surface area contributed by atoms with Crippen LogP contribution < -0.4 is 10.9 Å². The van der Waals surface area contributed by atoms with E-state index < -0.39 is 0 Å². The Bertz CT molecular complexity index is 272. The lowest BCUT2D eigenvalue weighted by molar-refractivity contribution is 0.404. The molecule has 0 aliphatic rings. The van der Waals surface area contributed by atoms with Crippen LogP contribution in [0.5, 0.6) is 17.2 Å². The molecule has 3 N–H and O–H groups in total. The highest BCUT2D eigenvalue weighted by molar-refractivity contribution is 6.40. The van der Waals surface area contributed by atoms with E-state index in [1.165, 1.54) is 13.9 Å². The summed E-state index contributed by atoms with van der Waals surface area (Å²) in [7, 11) is 3.14. The zero-order chi connectivity index (χ0) is 8.59. The molecule has 0 aliphatic carbocycles. The molecule has 0 aliphatic heterocycles. The molecule has 0 atom stereocenters. The molecule has 56 valence electrons. The van der Waals surface area contributed by atoms with E-state index in [0.29, 0.717) is 10.9 Å². The molecule has 0 bridgehead atoms. The molecule has 0 aromatic heterocycles. The third-order valence-electron chi connectivity index (χ3n) is 1.69. The van der Waals surface area contributed by atoms with E-state index in [4.69, 9.17) is 15.3 Å². The molecule has 0 fully saturated rings. The Hall–Kier alpha value is -1.25. The standard InChI is InChI=1S/C6H8B2O3/c7-2-1-3(9)4(8)6(11)5(2)10/h1,9-11H,7-8H2. The largest absolute Gasteiger partial charge is 0.508 e. The Kier molecular flexibility index (Phi) is 1.72. The first-order valence-corrected chi connectivity index (χ1v) is 3.25. The fraction of sp³-hybridized carbons (Fsp3) is 0. The second-order valence-electron chi connectivity index (χ2n) is 2.53. The maximum absolute atomic E-state index is 9.16. The summed E-state index contributed by atoms with van der Waals surface area (Å²) in [6.45, 7) is 0. The van der Waals surface area contributed by atoms with E-state index in [1.807, 2.05) is 0 Å². The van der Waals surface area contributed by atoms with Crippen molar-refractivity contribution in [3.63, 3.8) is 0 Å². The number of aromatic hydroxyl groups is 3. The number of benzene rings is 1. The first kappa shape index (κ1) is 7.85. The third-order valence-corrected chi connectivity index (χ3v) is 1.69. The van der Waals surface area contributed by atoms with Crippen LogP contribution in [0.3, 0.4) is 0 Å². The molecule has 0 spiro atoms. The van der Waals surface area contributed by atoms with Crippen LogP contribution in [0, 0.1) is 0 Å². The molecule has 1 aromatic rings. The van der Waals surface area contributed by atoms with Gasteiger partial charge in [0.25, 0.3) is 0 Å². The Morgan fingerprint density at radius 2 is 1.55 bits per heavy atom. The van der Waals surface area contributed by atoms with Crippen molar-refractivity contribution in [3.05, 3.63) is 6.07 Å². The van der Waals surface area contributed by atoms with Gasteiger partial charge in [-0.05, 0) is 17.0 Å². The van der Waals surface area contributed by atoms with E-state index in [-0.39, 0.29) is 17.2 Å². The normalized spacial score (nSPS) is 9.82. The van der Waals surface area contributed by atoms with Crippen molar-refractivity contribution in [2.24, 2.45) is 0 Å². The summed E-state index contributed by atoms with van der Waals surface area (Å²) in [5.41, 5.74) is 0.763. The fourth-order valence-electron chi connectivity index (χ4n) is 0.867. The summed E-state index contributed by atoms with van der Waals surface area (Å²) in [6, 6.07) is 1.41. The van der Waals surface area contributed by atoms with E-state index in [1.54, 1.807) is 7.85 Å². The van der Waals surface area contributed by atoms with Crippen LogP contribution in [0.15, 0.2) is 6.07 Å².